The van der Waals surface area contributed by atoms with Crippen LogP contribution in [0, 0.1) is 11.3 Å². The van der Waals surface area contributed by atoms with E-state index in [-0.39, 0.29) is 11.9 Å². The minimum atomic E-state index is -0.0805. The smallest absolute Gasteiger partial charge is 0.255 e. The Balaban J connectivity index is 1.67. The Morgan fingerprint density at radius 2 is 2.13 bits per heavy atom. The number of halogens is 1. The number of nitrogens with zero attached hydrogens (tertiary/aromatic N) is 6. The van der Waals surface area contributed by atoms with Crippen LogP contribution in [0.5, 0.6) is 0 Å². The number of carbonyl (C=O) groups is 1. The van der Waals surface area contributed by atoms with Gasteiger partial charge in [-0.3, -0.25) is 9.78 Å². The summed E-state index contributed by atoms with van der Waals surface area (Å²) in [6, 6.07) is 3.85. The van der Waals surface area contributed by atoms with Crippen LogP contribution in [0.1, 0.15) is 16.1 Å². The molecule has 23 heavy (non-hydrogen) atoms. The van der Waals surface area contributed by atoms with Crippen LogP contribution in [-0.4, -0.2) is 51.9 Å². The van der Waals surface area contributed by atoms with Gasteiger partial charge in [-0.15, -0.1) is 0 Å². The highest BCUT2D eigenvalue weighted by molar-refractivity contribution is 9.10. The van der Waals surface area contributed by atoms with Gasteiger partial charge in [-0.05, 0) is 22.0 Å². The maximum Gasteiger partial charge on any atom is 0.255 e. The van der Waals surface area contributed by atoms with Gasteiger partial charge in [-0.2, -0.15) is 5.26 Å². The molecule has 0 aliphatic carbocycles. The average Bonchev–Trinajstić information content (AvgIpc) is 2.53. The van der Waals surface area contributed by atoms with Gasteiger partial charge in [0.2, 0.25) is 0 Å². The molecule has 1 amide bonds. The molecule has 3 heterocycles. The molecule has 2 aromatic rings. The first-order valence-corrected chi connectivity index (χ1v) is 7.73. The van der Waals surface area contributed by atoms with E-state index in [2.05, 4.69) is 30.9 Å². The van der Waals surface area contributed by atoms with Crippen LogP contribution in [0.3, 0.4) is 0 Å². The normalized spacial score (nSPS) is 14.0. The number of amides is 1. The Hall–Kier alpha value is -2.53. The topological polar surface area (TPSA) is 86.0 Å². The predicted molar refractivity (Wildman–Crippen MR) is 86.8 cm³/mol. The second-order valence-corrected chi connectivity index (χ2v) is 6.12. The van der Waals surface area contributed by atoms with E-state index in [9.17, 15) is 4.79 Å². The fourth-order valence-electron chi connectivity index (χ4n) is 2.41. The van der Waals surface area contributed by atoms with E-state index < -0.39 is 0 Å². The largest absolute Gasteiger partial charge is 0.350 e. The van der Waals surface area contributed by atoms with Crippen molar-refractivity contribution >= 4 is 27.7 Å². The van der Waals surface area contributed by atoms with Gasteiger partial charge in [0, 0.05) is 49.4 Å². The van der Waals surface area contributed by atoms with Crippen molar-refractivity contribution in [3.8, 4) is 6.07 Å². The standard InChI is InChI=1S/C15H13BrN6O/c1-21(15(23)10-4-11(16)7-18-6-10)12-8-22(9-12)14-13(5-17)19-2-3-20-14/h2-4,6-7,12H,8-9H2,1H3. The summed E-state index contributed by atoms with van der Waals surface area (Å²) < 4.78 is 0.769. The molecule has 0 spiro atoms. The monoisotopic (exact) mass is 372 g/mol. The molecule has 2 aromatic heterocycles. The van der Waals surface area contributed by atoms with Crippen LogP contribution in [0.25, 0.3) is 0 Å². The van der Waals surface area contributed by atoms with Crippen LogP contribution in [-0.2, 0) is 0 Å². The van der Waals surface area contributed by atoms with E-state index in [0.717, 1.165) is 4.47 Å². The van der Waals surface area contributed by atoms with Gasteiger partial charge >= 0.3 is 0 Å². The van der Waals surface area contributed by atoms with Gasteiger partial charge in [0.25, 0.3) is 5.91 Å². The summed E-state index contributed by atoms with van der Waals surface area (Å²) in [6.45, 7) is 1.24. The number of pyridine rings is 1. The first-order chi connectivity index (χ1) is 11.1. The molecule has 0 unspecified atom stereocenters. The third kappa shape index (κ3) is 3.00. The first kappa shape index (κ1) is 15.4. The highest BCUT2D eigenvalue weighted by Crippen LogP contribution is 2.24. The zero-order valence-electron chi connectivity index (χ0n) is 12.3. The molecule has 0 saturated carbocycles. The van der Waals surface area contributed by atoms with Crippen molar-refractivity contribution in [2.75, 3.05) is 25.0 Å². The lowest BCUT2D eigenvalue weighted by Gasteiger charge is -2.44. The Labute approximate surface area is 141 Å². The summed E-state index contributed by atoms with van der Waals surface area (Å²) >= 11 is 3.32. The SMILES string of the molecule is CN(C(=O)c1cncc(Br)c1)C1CN(c2nccnc2C#N)C1. The quantitative estimate of drug-likeness (QED) is 0.810. The summed E-state index contributed by atoms with van der Waals surface area (Å²) in [5, 5.41) is 9.07. The van der Waals surface area contributed by atoms with E-state index in [0.29, 0.717) is 30.2 Å². The fraction of sp³-hybridized carbons (Fsp3) is 0.267. The number of hydrogen-bond acceptors (Lipinski definition) is 6. The number of nitriles is 1. The molecule has 0 bridgehead atoms. The van der Waals surface area contributed by atoms with Crippen LogP contribution in [0.4, 0.5) is 5.82 Å². The van der Waals surface area contributed by atoms with Crippen molar-refractivity contribution in [3.63, 3.8) is 0 Å². The van der Waals surface area contributed by atoms with Crippen molar-refractivity contribution in [3.05, 3.63) is 46.6 Å². The zero-order valence-corrected chi connectivity index (χ0v) is 13.9. The molecule has 116 valence electrons. The molecule has 3 rings (SSSR count). The number of rotatable bonds is 3. The maximum atomic E-state index is 12.5. The minimum absolute atomic E-state index is 0.0648. The number of anilines is 1. The lowest BCUT2D eigenvalue weighted by molar-refractivity contribution is 0.0704. The Bertz CT molecular complexity index is 784. The molecule has 8 heteroatoms. The molecule has 1 aliphatic rings. The molecular weight excluding hydrogens is 360 g/mol. The maximum absolute atomic E-state index is 12.5. The fourth-order valence-corrected chi connectivity index (χ4v) is 2.78. The summed E-state index contributed by atoms with van der Waals surface area (Å²) in [5.41, 5.74) is 0.841. The first-order valence-electron chi connectivity index (χ1n) is 6.94. The van der Waals surface area contributed by atoms with Gasteiger partial charge in [-0.25, -0.2) is 9.97 Å². The second-order valence-electron chi connectivity index (χ2n) is 5.21. The third-order valence-electron chi connectivity index (χ3n) is 3.77. The number of aromatic nitrogens is 3. The van der Waals surface area contributed by atoms with E-state index in [1.807, 2.05) is 11.0 Å². The van der Waals surface area contributed by atoms with Gasteiger partial charge in [0.05, 0.1) is 11.6 Å². The van der Waals surface area contributed by atoms with E-state index >= 15 is 0 Å². The molecule has 1 aliphatic heterocycles. The van der Waals surface area contributed by atoms with Crippen molar-refractivity contribution in [2.24, 2.45) is 0 Å². The van der Waals surface area contributed by atoms with Crippen LogP contribution < -0.4 is 4.90 Å². The van der Waals surface area contributed by atoms with Crippen LogP contribution in [0.15, 0.2) is 35.3 Å². The highest BCUT2D eigenvalue weighted by atomic mass is 79.9. The molecule has 7 nitrogen and oxygen atoms in total. The number of likely N-dealkylation sites (N-methyl/N-ethyl adjacent to an activating group) is 1. The van der Waals surface area contributed by atoms with Crippen molar-refractivity contribution in [2.45, 2.75) is 6.04 Å². The van der Waals surface area contributed by atoms with Gasteiger partial charge in [-0.1, -0.05) is 0 Å². The van der Waals surface area contributed by atoms with Crippen molar-refractivity contribution < 1.29 is 4.79 Å². The summed E-state index contributed by atoms with van der Waals surface area (Å²) in [7, 11) is 1.77. The summed E-state index contributed by atoms with van der Waals surface area (Å²) in [5.74, 6) is 0.485. The van der Waals surface area contributed by atoms with Gasteiger partial charge in [0.15, 0.2) is 11.5 Å². The van der Waals surface area contributed by atoms with Crippen LogP contribution in [0.2, 0.25) is 0 Å². The number of carbonyl (C=O) groups excluding carboxylic acids is 1. The minimum Gasteiger partial charge on any atom is -0.350 e. The van der Waals surface area contributed by atoms with E-state index in [4.69, 9.17) is 5.26 Å². The molecule has 0 N–H and O–H groups in total. The molecule has 1 saturated heterocycles. The Morgan fingerprint density at radius 3 is 2.83 bits per heavy atom. The molecule has 0 atom stereocenters. The van der Waals surface area contributed by atoms with Gasteiger partial charge < -0.3 is 9.80 Å². The predicted octanol–water partition coefficient (Wildman–Crippen LogP) is 1.47. The summed E-state index contributed by atoms with van der Waals surface area (Å²) in [6.07, 6.45) is 6.25. The zero-order chi connectivity index (χ0) is 16.4. The molecule has 0 aromatic carbocycles. The Morgan fingerprint density at radius 1 is 1.39 bits per heavy atom. The van der Waals surface area contributed by atoms with Gasteiger partial charge in [0.1, 0.15) is 6.07 Å². The number of hydrogen-bond donors (Lipinski definition) is 0. The lowest BCUT2D eigenvalue weighted by atomic mass is 10.1. The van der Waals surface area contributed by atoms with Crippen molar-refractivity contribution in [1.29, 1.82) is 5.26 Å². The summed E-state index contributed by atoms with van der Waals surface area (Å²) in [4.78, 5) is 28.3. The van der Waals surface area contributed by atoms with E-state index in [1.54, 1.807) is 36.6 Å². The third-order valence-corrected chi connectivity index (χ3v) is 4.20. The van der Waals surface area contributed by atoms with Crippen LogP contribution >= 0.6 is 15.9 Å². The lowest BCUT2D eigenvalue weighted by Crippen LogP contribution is -2.60. The average molecular weight is 373 g/mol. The molecular formula is C15H13BrN6O. The molecule has 0 radical (unpaired) electrons. The Kier molecular flexibility index (Phi) is 4.21. The van der Waals surface area contributed by atoms with Crippen molar-refractivity contribution in [1.82, 2.24) is 19.9 Å². The second kappa shape index (κ2) is 6.30. The molecule has 1 fully saturated rings. The highest BCUT2D eigenvalue weighted by Gasteiger charge is 2.34. The van der Waals surface area contributed by atoms with E-state index in [1.165, 1.54) is 6.20 Å².